The van der Waals surface area contributed by atoms with Crippen LogP contribution in [0.25, 0.3) is 0 Å². The van der Waals surface area contributed by atoms with Gasteiger partial charge in [-0.1, -0.05) is 50.6 Å². The van der Waals surface area contributed by atoms with Gasteiger partial charge in [0.05, 0.1) is 5.84 Å². The van der Waals surface area contributed by atoms with Gasteiger partial charge in [0.2, 0.25) is 0 Å². The van der Waals surface area contributed by atoms with E-state index < -0.39 is 0 Å². The molecule has 0 saturated carbocycles. The molecule has 0 aliphatic rings. The number of hydrogen-bond donors (Lipinski definition) is 2. The maximum Gasteiger partial charge on any atom is 0.0924 e. The lowest BCUT2D eigenvalue weighted by molar-refractivity contribution is 0.214. The maximum atomic E-state index is 7.55. The Morgan fingerprint density at radius 2 is 1.94 bits per heavy atom. The van der Waals surface area contributed by atoms with E-state index in [2.05, 4.69) is 37.9 Å². The molecule has 18 heavy (non-hydrogen) atoms. The molecule has 0 spiro atoms. The van der Waals surface area contributed by atoms with Crippen molar-refractivity contribution in [3.8, 4) is 0 Å². The van der Waals surface area contributed by atoms with Gasteiger partial charge in [-0.25, -0.2) is 0 Å². The van der Waals surface area contributed by atoms with Crippen LogP contribution in [0.15, 0.2) is 30.3 Å². The van der Waals surface area contributed by atoms with Crippen LogP contribution in [0.5, 0.6) is 0 Å². The van der Waals surface area contributed by atoms with E-state index in [0.29, 0.717) is 12.3 Å². The van der Waals surface area contributed by atoms with Crippen LogP contribution in [0.1, 0.15) is 38.3 Å². The summed E-state index contributed by atoms with van der Waals surface area (Å²) in [6.45, 7) is 5.50. The van der Waals surface area contributed by atoms with Gasteiger partial charge in [0.15, 0.2) is 0 Å². The first-order chi connectivity index (χ1) is 8.54. The monoisotopic (exact) mass is 247 g/mol. The molecule has 0 fully saturated rings. The Kier molecular flexibility index (Phi) is 5.86. The predicted molar refractivity (Wildman–Crippen MR) is 77.8 cm³/mol. The van der Waals surface area contributed by atoms with E-state index in [4.69, 9.17) is 11.1 Å². The van der Waals surface area contributed by atoms with Crippen LogP contribution in [0.3, 0.4) is 0 Å². The molecular formula is C15H25N3. The second-order valence-electron chi connectivity index (χ2n) is 5.11. The lowest BCUT2D eigenvalue weighted by atomic mass is 10.00. The molecule has 0 aliphatic carbocycles. The Balaban J connectivity index is 2.81. The highest BCUT2D eigenvalue weighted by Crippen LogP contribution is 2.24. The number of hydrogen-bond acceptors (Lipinski definition) is 2. The fourth-order valence-corrected chi connectivity index (χ4v) is 2.16. The van der Waals surface area contributed by atoms with Crippen molar-refractivity contribution in [3.63, 3.8) is 0 Å². The smallest absolute Gasteiger partial charge is 0.0924 e. The zero-order valence-corrected chi connectivity index (χ0v) is 11.7. The third-order valence-electron chi connectivity index (χ3n) is 3.43. The molecule has 0 amide bonds. The summed E-state index contributed by atoms with van der Waals surface area (Å²) in [7, 11) is 2.12. The van der Waals surface area contributed by atoms with Crippen LogP contribution in [-0.4, -0.2) is 24.3 Å². The summed E-state index contributed by atoms with van der Waals surface area (Å²) in [6, 6.07) is 10.5. The summed E-state index contributed by atoms with van der Waals surface area (Å²) in [5.74, 6) is 0.910. The minimum absolute atomic E-state index is 0.206. The van der Waals surface area contributed by atoms with Crippen LogP contribution in [0, 0.1) is 11.3 Å². The van der Waals surface area contributed by atoms with Crippen molar-refractivity contribution in [1.82, 2.24) is 4.90 Å². The Labute approximate surface area is 111 Å². The topological polar surface area (TPSA) is 53.1 Å². The van der Waals surface area contributed by atoms with E-state index in [0.717, 1.165) is 6.54 Å². The molecule has 3 heteroatoms. The van der Waals surface area contributed by atoms with Gasteiger partial charge < -0.3 is 5.73 Å². The van der Waals surface area contributed by atoms with Gasteiger partial charge in [-0.05, 0) is 18.5 Å². The van der Waals surface area contributed by atoms with E-state index in [1.807, 2.05) is 18.2 Å². The van der Waals surface area contributed by atoms with E-state index in [1.165, 1.54) is 12.0 Å². The van der Waals surface area contributed by atoms with Crippen molar-refractivity contribution in [2.75, 3.05) is 13.6 Å². The van der Waals surface area contributed by atoms with Crippen molar-refractivity contribution in [3.05, 3.63) is 35.9 Å². The molecule has 1 aromatic rings. The molecular weight excluding hydrogens is 222 g/mol. The summed E-state index contributed by atoms with van der Waals surface area (Å²) in [6.07, 6.45) is 1.77. The van der Waals surface area contributed by atoms with Crippen LogP contribution < -0.4 is 5.73 Å². The highest BCUT2D eigenvalue weighted by atomic mass is 15.1. The first-order valence-electron chi connectivity index (χ1n) is 6.62. The SMILES string of the molecule is CCC(C)CN(C)C(CC(=N)N)c1ccccc1. The van der Waals surface area contributed by atoms with Crippen molar-refractivity contribution in [2.24, 2.45) is 11.7 Å². The molecule has 3 N–H and O–H groups in total. The highest BCUT2D eigenvalue weighted by Gasteiger charge is 2.19. The largest absolute Gasteiger partial charge is 0.388 e. The molecule has 0 heterocycles. The lowest BCUT2D eigenvalue weighted by Crippen LogP contribution is -2.31. The van der Waals surface area contributed by atoms with Crippen LogP contribution in [-0.2, 0) is 0 Å². The molecule has 1 rings (SSSR count). The Hall–Kier alpha value is -1.35. The third-order valence-corrected chi connectivity index (χ3v) is 3.43. The van der Waals surface area contributed by atoms with E-state index in [9.17, 15) is 0 Å². The molecule has 100 valence electrons. The number of amidine groups is 1. The van der Waals surface area contributed by atoms with Gasteiger partial charge in [0.25, 0.3) is 0 Å². The van der Waals surface area contributed by atoms with Crippen molar-refractivity contribution >= 4 is 5.84 Å². The first kappa shape index (κ1) is 14.7. The quantitative estimate of drug-likeness (QED) is 0.575. The average Bonchev–Trinajstić information content (AvgIpc) is 2.36. The molecule has 2 unspecified atom stereocenters. The minimum Gasteiger partial charge on any atom is -0.388 e. The van der Waals surface area contributed by atoms with E-state index in [-0.39, 0.29) is 11.9 Å². The molecule has 0 saturated heterocycles. The van der Waals surface area contributed by atoms with Crippen LogP contribution in [0.4, 0.5) is 0 Å². The second-order valence-corrected chi connectivity index (χ2v) is 5.11. The molecule has 2 atom stereocenters. The molecule has 1 aromatic carbocycles. The second kappa shape index (κ2) is 7.17. The maximum absolute atomic E-state index is 7.55. The summed E-state index contributed by atoms with van der Waals surface area (Å²) >= 11 is 0. The van der Waals surface area contributed by atoms with Gasteiger partial charge in [-0.2, -0.15) is 0 Å². The van der Waals surface area contributed by atoms with Crippen LogP contribution >= 0.6 is 0 Å². The van der Waals surface area contributed by atoms with Crippen LogP contribution in [0.2, 0.25) is 0 Å². The molecule has 0 aromatic heterocycles. The summed E-state index contributed by atoms with van der Waals surface area (Å²) in [5.41, 5.74) is 6.82. The van der Waals surface area contributed by atoms with E-state index >= 15 is 0 Å². The normalized spacial score (nSPS) is 14.4. The highest BCUT2D eigenvalue weighted by molar-refractivity contribution is 5.77. The van der Waals surface area contributed by atoms with Crippen molar-refractivity contribution in [1.29, 1.82) is 5.41 Å². The fraction of sp³-hybridized carbons (Fsp3) is 0.533. The summed E-state index contributed by atoms with van der Waals surface area (Å²) < 4.78 is 0. The summed E-state index contributed by atoms with van der Waals surface area (Å²) in [4.78, 5) is 2.31. The third kappa shape index (κ3) is 4.49. The lowest BCUT2D eigenvalue weighted by Gasteiger charge is -2.30. The zero-order chi connectivity index (χ0) is 13.5. The van der Waals surface area contributed by atoms with Crippen molar-refractivity contribution < 1.29 is 0 Å². The standard InChI is InChI=1S/C15H25N3/c1-4-12(2)11-18(3)14(10-15(16)17)13-8-6-5-7-9-13/h5-9,12,14H,4,10-11H2,1-3H3,(H3,16,17). The van der Waals surface area contributed by atoms with Crippen molar-refractivity contribution in [2.45, 2.75) is 32.7 Å². The Morgan fingerprint density at radius 1 is 1.33 bits per heavy atom. The first-order valence-corrected chi connectivity index (χ1v) is 6.62. The number of nitrogens with one attached hydrogen (secondary N) is 1. The zero-order valence-electron chi connectivity index (χ0n) is 11.7. The van der Waals surface area contributed by atoms with E-state index in [1.54, 1.807) is 0 Å². The molecule has 0 radical (unpaired) electrons. The number of rotatable bonds is 7. The minimum atomic E-state index is 0.206. The molecule has 0 bridgehead atoms. The average molecular weight is 247 g/mol. The van der Waals surface area contributed by atoms with Gasteiger partial charge in [-0.3, -0.25) is 10.3 Å². The number of nitrogens with two attached hydrogens (primary N) is 1. The Bertz CT molecular complexity index is 361. The molecule has 0 aliphatic heterocycles. The predicted octanol–water partition coefficient (Wildman–Crippen LogP) is 3.03. The number of benzene rings is 1. The van der Waals surface area contributed by atoms with Gasteiger partial charge in [0.1, 0.15) is 0 Å². The fourth-order valence-electron chi connectivity index (χ4n) is 2.16. The number of nitrogens with zero attached hydrogens (tertiary/aromatic N) is 1. The summed E-state index contributed by atoms with van der Waals surface area (Å²) in [5, 5.41) is 7.55. The van der Waals surface area contributed by atoms with Gasteiger partial charge >= 0.3 is 0 Å². The Morgan fingerprint density at radius 3 is 2.44 bits per heavy atom. The van der Waals surface area contributed by atoms with Gasteiger partial charge in [-0.15, -0.1) is 0 Å². The molecule has 3 nitrogen and oxygen atoms in total. The van der Waals surface area contributed by atoms with Gasteiger partial charge in [0, 0.05) is 19.0 Å².